The van der Waals surface area contributed by atoms with Gasteiger partial charge in [0.15, 0.2) is 5.69 Å². The van der Waals surface area contributed by atoms with Crippen LogP contribution in [0.25, 0.3) is 0 Å². The van der Waals surface area contributed by atoms with Crippen molar-refractivity contribution >= 4 is 11.8 Å². The highest BCUT2D eigenvalue weighted by Crippen LogP contribution is 2.33. The molecule has 0 spiro atoms. The number of carbonyl (C=O) groups is 1. The Morgan fingerprint density at radius 1 is 1.53 bits per heavy atom. The van der Waals surface area contributed by atoms with Crippen LogP contribution in [0.2, 0.25) is 0 Å². The van der Waals surface area contributed by atoms with Crippen LogP contribution in [0.15, 0.2) is 12.1 Å². The van der Waals surface area contributed by atoms with Gasteiger partial charge in [0, 0.05) is 6.04 Å². The van der Waals surface area contributed by atoms with Crippen LogP contribution < -0.4 is 5.32 Å². The number of nitrogens with zero attached hydrogens (tertiary/aromatic N) is 2. The highest BCUT2D eigenvalue weighted by molar-refractivity contribution is 5.86. The molecule has 0 bridgehead atoms. The van der Waals surface area contributed by atoms with E-state index in [1.807, 2.05) is 0 Å². The molecule has 0 amide bonds. The van der Waals surface area contributed by atoms with Gasteiger partial charge in [-0.1, -0.05) is 12.8 Å². The average Bonchev–Trinajstić information content (AvgIpc) is 3.12. The number of methoxy groups -OCH3 is 1. The maximum atomic E-state index is 11.2. The van der Waals surface area contributed by atoms with Gasteiger partial charge in [-0.05, 0) is 31.4 Å². The number of hydrogen-bond donors (Lipinski definition) is 1. The molecule has 1 aromatic heterocycles. The van der Waals surface area contributed by atoms with E-state index in [9.17, 15) is 4.79 Å². The third-order valence-corrected chi connectivity index (χ3v) is 2.84. The van der Waals surface area contributed by atoms with Gasteiger partial charge in [0.25, 0.3) is 0 Å². The Morgan fingerprint density at radius 2 is 2.29 bits per heavy atom. The number of hydrogen-bond acceptors (Lipinski definition) is 5. The lowest BCUT2D eigenvalue weighted by Crippen LogP contribution is -2.17. The summed E-state index contributed by atoms with van der Waals surface area (Å²) in [5.74, 6) is 1.11. The van der Waals surface area contributed by atoms with Crippen molar-refractivity contribution in [2.45, 2.75) is 32.2 Å². The van der Waals surface area contributed by atoms with Crippen molar-refractivity contribution in [3.05, 3.63) is 17.8 Å². The van der Waals surface area contributed by atoms with Crippen LogP contribution in [-0.2, 0) is 4.74 Å². The Morgan fingerprint density at radius 3 is 2.82 bits per heavy atom. The van der Waals surface area contributed by atoms with Gasteiger partial charge in [-0.2, -0.15) is 0 Å². The van der Waals surface area contributed by atoms with E-state index in [1.165, 1.54) is 26.4 Å². The maximum absolute atomic E-state index is 11.2. The van der Waals surface area contributed by atoms with Gasteiger partial charge < -0.3 is 10.1 Å². The Balaban J connectivity index is 1.90. The molecule has 0 radical (unpaired) electrons. The predicted molar refractivity (Wildman–Crippen MR) is 63.8 cm³/mol. The number of ether oxygens (including phenoxy) is 1. The van der Waals surface area contributed by atoms with E-state index in [2.05, 4.69) is 27.2 Å². The van der Waals surface area contributed by atoms with Crippen molar-refractivity contribution in [3.63, 3.8) is 0 Å². The number of esters is 1. The third-order valence-electron chi connectivity index (χ3n) is 2.84. The second kappa shape index (κ2) is 5.12. The molecule has 5 nitrogen and oxygen atoms in total. The summed E-state index contributed by atoms with van der Waals surface area (Å²) in [5, 5.41) is 11.0. The molecule has 0 aliphatic heterocycles. The highest BCUT2D eigenvalue weighted by atomic mass is 16.5. The van der Waals surface area contributed by atoms with E-state index in [0.29, 0.717) is 11.9 Å². The van der Waals surface area contributed by atoms with Gasteiger partial charge in [-0.25, -0.2) is 4.79 Å². The van der Waals surface area contributed by atoms with Crippen LogP contribution in [0, 0.1) is 5.92 Å². The zero-order valence-electron chi connectivity index (χ0n) is 10.1. The molecule has 1 aliphatic carbocycles. The molecule has 0 saturated heterocycles. The summed E-state index contributed by atoms with van der Waals surface area (Å²) in [6.07, 6.45) is 3.86. The molecule has 5 heteroatoms. The van der Waals surface area contributed by atoms with Crippen LogP contribution in [0.4, 0.5) is 5.82 Å². The van der Waals surface area contributed by atoms with Crippen LogP contribution in [0.1, 0.15) is 36.7 Å². The number of rotatable bonds is 5. The summed E-state index contributed by atoms with van der Waals surface area (Å²) in [5.41, 5.74) is 0.230. The van der Waals surface area contributed by atoms with E-state index >= 15 is 0 Å². The SMILES string of the molecule is COC(=O)c1ccc(NC(C)CC2CC2)nn1. The first kappa shape index (κ1) is 11.8. The maximum Gasteiger partial charge on any atom is 0.358 e. The van der Waals surface area contributed by atoms with Gasteiger partial charge in [-0.3, -0.25) is 0 Å². The molecule has 1 aliphatic rings. The lowest BCUT2D eigenvalue weighted by atomic mass is 10.1. The van der Waals surface area contributed by atoms with Gasteiger partial charge in [-0.15, -0.1) is 10.2 Å². The van der Waals surface area contributed by atoms with Crippen molar-refractivity contribution < 1.29 is 9.53 Å². The van der Waals surface area contributed by atoms with E-state index in [4.69, 9.17) is 0 Å². The van der Waals surface area contributed by atoms with Crippen molar-refractivity contribution in [2.75, 3.05) is 12.4 Å². The minimum atomic E-state index is -0.463. The molecular formula is C12H17N3O2. The molecule has 0 aromatic carbocycles. The summed E-state index contributed by atoms with van der Waals surface area (Å²) in [4.78, 5) is 11.2. The Labute approximate surface area is 101 Å². The number of nitrogens with one attached hydrogen (secondary N) is 1. The van der Waals surface area contributed by atoms with Crippen molar-refractivity contribution in [1.29, 1.82) is 0 Å². The van der Waals surface area contributed by atoms with Gasteiger partial charge in [0.1, 0.15) is 5.82 Å². The smallest absolute Gasteiger partial charge is 0.358 e. The molecule has 92 valence electrons. The first-order valence-corrected chi connectivity index (χ1v) is 5.87. The lowest BCUT2D eigenvalue weighted by molar-refractivity contribution is 0.0593. The van der Waals surface area contributed by atoms with Gasteiger partial charge in [0.05, 0.1) is 7.11 Å². The topological polar surface area (TPSA) is 64.1 Å². The van der Waals surface area contributed by atoms with Gasteiger partial charge in [0.2, 0.25) is 0 Å². The molecule has 1 fully saturated rings. The van der Waals surface area contributed by atoms with Gasteiger partial charge >= 0.3 is 5.97 Å². The molecular weight excluding hydrogens is 218 g/mol. The van der Waals surface area contributed by atoms with E-state index < -0.39 is 5.97 Å². The zero-order valence-corrected chi connectivity index (χ0v) is 10.1. The highest BCUT2D eigenvalue weighted by Gasteiger charge is 2.23. The Bertz CT molecular complexity index is 387. The zero-order chi connectivity index (χ0) is 12.3. The summed E-state index contributed by atoms with van der Waals surface area (Å²) in [6.45, 7) is 2.13. The fourth-order valence-corrected chi connectivity index (χ4v) is 1.79. The number of carbonyl (C=O) groups excluding carboxylic acids is 1. The van der Waals surface area contributed by atoms with E-state index in [0.717, 1.165) is 5.92 Å². The minimum Gasteiger partial charge on any atom is -0.464 e. The monoisotopic (exact) mass is 235 g/mol. The van der Waals surface area contributed by atoms with E-state index in [-0.39, 0.29) is 5.69 Å². The molecule has 2 rings (SSSR count). The second-order valence-electron chi connectivity index (χ2n) is 4.52. The van der Waals surface area contributed by atoms with Crippen molar-refractivity contribution in [2.24, 2.45) is 5.92 Å². The number of anilines is 1. The molecule has 1 heterocycles. The summed E-state index contributed by atoms with van der Waals surface area (Å²) >= 11 is 0. The molecule has 1 saturated carbocycles. The molecule has 1 N–H and O–H groups in total. The van der Waals surface area contributed by atoms with Crippen LogP contribution >= 0.6 is 0 Å². The van der Waals surface area contributed by atoms with Crippen molar-refractivity contribution in [1.82, 2.24) is 10.2 Å². The van der Waals surface area contributed by atoms with E-state index in [1.54, 1.807) is 12.1 Å². The molecule has 1 unspecified atom stereocenters. The Kier molecular flexibility index (Phi) is 3.56. The van der Waals surface area contributed by atoms with Crippen LogP contribution in [-0.4, -0.2) is 29.3 Å². The first-order valence-electron chi connectivity index (χ1n) is 5.87. The molecule has 17 heavy (non-hydrogen) atoms. The standard InChI is InChI=1S/C12H17N3O2/c1-8(7-9-3-4-9)13-11-6-5-10(14-15-11)12(16)17-2/h5-6,8-9H,3-4,7H2,1-2H3,(H,13,15). The predicted octanol–water partition coefficient (Wildman–Crippen LogP) is 1.86. The largest absolute Gasteiger partial charge is 0.464 e. The minimum absolute atomic E-state index is 0.230. The molecule has 1 atom stereocenters. The lowest BCUT2D eigenvalue weighted by Gasteiger charge is -2.13. The Hall–Kier alpha value is -1.65. The first-order chi connectivity index (χ1) is 8.19. The van der Waals surface area contributed by atoms with Crippen LogP contribution in [0.5, 0.6) is 0 Å². The summed E-state index contributed by atoms with van der Waals surface area (Å²) in [6, 6.07) is 3.76. The fraction of sp³-hybridized carbons (Fsp3) is 0.583. The second-order valence-corrected chi connectivity index (χ2v) is 4.52. The fourth-order valence-electron chi connectivity index (χ4n) is 1.79. The summed E-state index contributed by atoms with van der Waals surface area (Å²) < 4.78 is 4.56. The van der Waals surface area contributed by atoms with Crippen LogP contribution in [0.3, 0.4) is 0 Å². The number of aromatic nitrogens is 2. The quantitative estimate of drug-likeness (QED) is 0.789. The normalized spacial score (nSPS) is 16.4. The third kappa shape index (κ3) is 3.41. The molecule has 1 aromatic rings. The average molecular weight is 235 g/mol. The summed E-state index contributed by atoms with van der Waals surface area (Å²) in [7, 11) is 1.33. The van der Waals surface area contributed by atoms with Crippen molar-refractivity contribution in [3.8, 4) is 0 Å².